The molecule has 0 radical (unpaired) electrons. The summed E-state index contributed by atoms with van der Waals surface area (Å²) in [5.41, 5.74) is 3.38. The number of hydrogen-bond acceptors (Lipinski definition) is 6. The number of carbonyl (C=O) groups excluding carboxylic acids is 1. The minimum atomic E-state index is -0.607. The van der Waals surface area contributed by atoms with Crippen LogP contribution in [-0.2, 0) is 16.1 Å². The van der Waals surface area contributed by atoms with Crippen LogP contribution in [0.15, 0.2) is 48.5 Å². The molecule has 2 aliphatic heterocycles. The van der Waals surface area contributed by atoms with Crippen molar-refractivity contribution in [1.29, 1.82) is 0 Å². The van der Waals surface area contributed by atoms with Gasteiger partial charge in [-0.25, -0.2) is 4.79 Å². The van der Waals surface area contributed by atoms with Crippen molar-refractivity contribution in [2.24, 2.45) is 5.92 Å². The molecule has 2 saturated heterocycles. The van der Waals surface area contributed by atoms with Crippen molar-refractivity contribution in [3.05, 3.63) is 65.2 Å². The van der Waals surface area contributed by atoms with E-state index in [4.69, 9.17) is 9.47 Å². The summed E-state index contributed by atoms with van der Waals surface area (Å²) in [6, 6.07) is 15.3. The van der Waals surface area contributed by atoms with Gasteiger partial charge in [-0.3, -0.25) is 4.90 Å². The van der Waals surface area contributed by atoms with E-state index in [2.05, 4.69) is 22.5 Å². The number of benzene rings is 2. The van der Waals surface area contributed by atoms with Crippen LogP contribution in [0, 0.1) is 5.92 Å². The topological polar surface area (TPSA) is 103 Å². The van der Waals surface area contributed by atoms with Crippen LogP contribution in [0.3, 0.4) is 0 Å². The monoisotopic (exact) mass is 483 g/mol. The Balaban J connectivity index is 1.59. The van der Waals surface area contributed by atoms with E-state index in [-0.39, 0.29) is 43.4 Å². The van der Waals surface area contributed by atoms with Crippen molar-refractivity contribution in [3.8, 4) is 0 Å². The molecule has 2 fully saturated rings. The molecular formula is C27H37N3O5. The number of aliphatic hydroxyl groups excluding tert-OH is 2. The van der Waals surface area contributed by atoms with Crippen molar-refractivity contribution in [3.63, 3.8) is 0 Å². The standard InChI is InChI=1S/C27H37N3O5/c1-3-28-27(33)29-22-7-4-6-21(14-22)26-34-24(15-30-13-5-8-23(30)17-32)18(2)25(35-26)20-11-9-19(16-31)10-12-20/h4,6-7,9-12,14,18,23-26,31-32H,3,5,8,13,15-17H2,1-2H3,(H2,28,29,33)/t18-,23+,24+,25+,26+/m1/s1. The summed E-state index contributed by atoms with van der Waals surface area (Å²) >= 11 is 0. The van der Waals surface area contributed by atoms with Crippen molar-refractivity contribution >= 4 is 11.7 Å². The normalized spacial score (nSPS) is 27.0. The third-order valence-electron chi connectivity index (χ3n) is 7.00. The molecule has 4 rings (SSSR count). The van der Waals surface area contributed by atoms with E-state index in [9.17, 15) is 15.0 Å². The maximum Gasteiger partial charge on any atom is 0.319 e. The molecule has 2 amide bonds. The summed E-state index contributed by atoms with van der Waals surface area (Å²) in [7, 11) is 0. The molecule has 0 aromatic heterocycles. The number of aliphatic hydroxyl groups is 2. The lowest BCUT2D eigenvalue weighted by molar-refractivity contribution is -0.276. The molecule has 4 N–H and O–H groups in total. The third-order valence-corrected chi connectivity index (χ3v) is 7.00. The van der Waals surface area contributed by atoms with Gasteiger partial charge < -0.3 is 30.3 Å². The molecule has 0 bridgehead atoms. The molecule has 35 heavy (non-hydrogen) atoms. The third kappa shape index (κ3) is 6.20. The van der Waals surface area contributed by atoms with Crippen LogP contribution in [0.25, 0.3) is 0 Å². The van der Waals surface area contributed by atoms with Gasteiger partial charge in [0, 0.05) is 36.3 Å². The fraction of sp³-hybridized carbons (Fsp3) is 0.519. The average molecular weight is 484 g/mol. The Bertz CT molecular complexity index is 970. The highest BCUT2D eigenvalue weighted by atomic mass is 16.7. The zero-order valence-electron chi connectivity index (χ0n) is 20.5. The number of urea groups is 1. The molecule has 0 spiro atoms. The van der Waals surface area contributed by atoms with Crippen molar-refractivity contribution in [1.82, 2.24) is 10.2 Å². The predicted molar refractivity (Wildman–Crippen MR) is 134 cm³/mol. The Hall–Kier alpha value is -2.49. The van der Waals surface area contributed by atoms with Gasteiger partial charge >= 0.3 is 6.03 Å². The summed E-state index contributed by atoms with van der Waals surface area (Å²) in [6.45, 7) is 6.37. The van der Waals surface area contributed by atoms with E-state index in [1.165, 1.54) is 0 Å². The number of ether oxygens (including phenoxy) is 2. The van der Waals surface area contributed by atoms with E-state index in [1.807, 2.05) is 55.5 Å². The minimum absolute atomic E-state index is 0.00136. The van der Waals surface area contributed by atoms with Gasteiger partial charge in [-0.15, -0.1) is 0 Å². The number of hydrogen-bond donors (Lipinski definition) is 4. The zero-order chi connectivity index (χ0) is 24.8. The van der Waals surface area contributed by atoms with Gasteiger partial charge in [0.25, 0.3) is 0 Å². The second-order valence-corrected chi connectivity index (χ2v) is 9.41. The number of anilines is 1. The smallest absolute Gasteiger partial charge is 0.319 e. The molecule has 2 heterocycles. The molecule has 190 valence electrons. The minimum Gasteiger partial charge on any atom is -0.395 e. The van der Waals surface area contributed by atoms with Crippen molar-refractivity contribution in [2.45, 2.75) is 57.8 Å². The van der Waals surface area contributed by atoms with Crippen LogP contribution >= 0.6 is 0 Å². The molecule has 0 saturated carbocycles. The van der Waals surface area contributed by atoms with Crippen LogP contribution in [0.5, 0.6) is 0 Å². The van der Waals surface area contributed by atoms with Gasteiger partial charge in [0.15, 0.2) is 6.29 Å². The molecule has 5 atom stereocenters. The Kier molecular flexibility index (Phi) is 8.75. The number of carbonyl (C=O) groups is 1. The number of nitrogens with one attached hydrogen (secondary N) is 2. The predicted octanol–water partition coefficient (Wildman–Crippen LogP) is 3.57. The maximum atomic E-state index is 12.0. The SMILES string of the molecule is CCNC(=O)Nc1cccc([C@H]2O[C@@H](CN3CCC[C@H]3CO)[C@@H](C)[C@@H](c3ccc(CO)cc3)O2)c1. The second-order valence-electron chi connectivity index (χ2n) is 9.41. The van der Waals surface area contributed by atoms with Crippen molar-refractivity contribution < 1.29 is 24.5 Å². The van der Waals surface area contributed by atoms with Gasteiger partial charge in [-0.05, 0) is 49.6 Å². The quantitative estimate of drug-likeness (QED) is 0.458. The molecule has 8 heteroatoms. The van der Waals surface area contributed by atoms with Crippen LogP contribution in [-0.4, -0.2) is 59.5 Å². The Labute approximate surface area is 207 Å². The van der Waals surface area contributed by atoms with E-state index >= 15 is 0 Å². The Morgan fingerprint density at radius 3 is 2.63 bits per heavy atom. The van der Waals surface area contributed by atoms with Crippen LogP contribution in [0.4, 0.5) is 10.5 Å². The molecule has 2 aliphatic rings. The highest BCUT2D eigenvalue weighted by Crippen LogP contribution is 2.42. The molecule has 2 aromatic carbocycles. The first kappa shape index (κ1) is 25.6. The lowest BCUT2D eigenvalue weighted by Crippen LogP contribution is -2.46. The number of nitrogens with zero attached hydrogens (tertiary/aromatic N) is 1. The summed E-state index contributed by atoms with van der Waals surface area (Å²) in [5.74, 6) is 0.0720. The molecule has 0 aliphatic carbocycles. The van der Waals surface area contributed by atoms with Crippen LogP contribution < -0.4 is 10.6 Å². The van der Waals surface area contributed by atoms with Crippen molar-refractivity contribution in [2.75, 3.05) is 31.6 Å². The number of amides is 2. The summed E-state index contributed by atoms with van der Waals surface area (Å²) in [5, 5.41) is 24.8. The fourth-order valence-corrected chi connectivity index (χ4v) is 5.00. The summed E-state index contributed by atoms with van der Waals surface area (Å²) in [4.78, 5) is 14.3. The van der Waals surface area contributed by atoms with Crippen LogP contribution in [0.2, 0.25) is 0 Å². The lowest BCUT2D eigenvalue weighted by atomic mass is 9.90. The Morgan fingerprint density at radius 1 is 1.11 bits per heavy atom. The maximum absolute atomic E-state index is 12.0. The molecule has 0 unspecified atom stereocenters. The lowest BCUT2D eigenvalue weighted by Gasteiger charge is -2.43. The van der Waals surface area contributed by atoms with E-state index in [0.29, 0.717) is 18.8 Å². The highest BCUT2D eigenvalue weighted by molar-refractivity contribution is 5.89. The number of rotatable bonds is 8. The zero-order valence-corrected chi connectivity index (χ0v) is 20.5. The second kappa shape index (κ2) is 12.0. The fourth-order valence-electron chi connectivity index (χ4n) is 5.00. The molecular weight excluding hydrogens is 446 g/mol. The van der Waals surface area contributed by atoms with Gasteiger partial charge in [0.05, 0.1) is 25.4 Å². The van der Waals surface area contributed by atoms with E-state index in [1.54, 1.807) is 0 Å². The van der Waals surface area contributed by atoms with Gasteiger partial charge in [-0.2, -0.15) is 0 Å². The average Bonchev–Trinajstić information content (AvgIpc) is 3.33. The van der Waals surface area contributed by atoms with E-state index < -0.39 is 6.29 Å². The first-order valence-corrected chi connectivity index (χ1v) is 12.5. The largest absolute Gasteiger partial charge is 0.395 e. The Morgan fingerprint density at radius 2 is 1.91 bits per heavy atom. The van der Waals surface area contributed by atoms with Crippen LogP contribution in [0.1, 0.15) is 55.8 Å². The molecule has 8 nitrogen and oxygen atoms in total. The number of likely N-dealkylation sites (tertiary alicyclic amines) is 1. The molecule has 2 aromatic rings. The van der Waals surface area contributed by atoms with Gasteiger partial charge in [0.2, 0.25) is 0 Å². The highest BCUT2D eigenvalue weighted by Gasteiger charge is 2.40. The summed E-state index contributed by atoms with van der Waals surface area (Å²) in [6.07, 6.45) is 1.15. The first-order chi connectivity index (χ1) is 17.0. The van der Waals surface area contributed by atoms with E-state index in [0.717, 1.165) is 36.1 Å². The van der Waals surface area contributed by atoms with Gasteiger partial charge in [0.1, 0.15) is 0 Å². The summed E-state index contributed by atoms with van der Waals surface area (Å²) < 4.78 is 13.0. The van der Waals surface area contributed by atoms with Gasteiger partial charge in [-0.1, -0.05) is 43.3 Å². The first-order valence-electron chi connectivity index (χ1n) is 12.5.